The first kappa shape index (κ1) is 16.1. The van der Waals surface area contributed by atoms with Gasteiger partial charge in [0.2, 0.25) is 11.8 Å². The van der Waals surface area contributed by atoms with Gasteiger partial charge in [0.15, 0.2) is 0 Å². The van der Waals surface area contributed by atoms with Gasteiger partial charge >= 0.3 is 0 Å². The summed E-state index contributed by atoms with van der Waals surface area (Å²) < 4.78 is 1.51. The summed E-state index contributed by atoms with van der Waals surface area (Å²) in [5.41, 5.74) is 1.99. The number of piperazine rings is 1. The van der Waals surface area contributed by atoms with E-state index >= 15 is 0 Å². The van der Waals surface area contributed by atoms with Crippen LogP contribution in [0.3, 0.4) is 0 Å². The summed E-state index contributed by atoms with van der Waals surface area (Å²) in [7, 11) is 0. The molecule has 8 nitrogen and oxygen atoms in total. The van der Waals surface area contributed by atoms with Gasteiger partial charge in [-0.05, 0) is 42.0 Å². The smallest absolute Gasteiger partial charge is 0.246 e. The number of carbonyl (C=O) groups is 2. The van der Waals surface area contributed by atoms with Crippen molar-refractivity contribution in [1.29, 1.82) is 0 Å². The van der Waals surface area contributed by atoms with Crippen LogP contribution in [0.4, 0.5) is 5.69 Å². The first-order chi connectivity index (χ1) is 11.5. The van der Waals surface area contributed by atoms with E-state index in [1.165, 1.54) is 11.0 Å². The van der Waals surface area contributed by atoms with Gasteiger partial charge < -0.3 is 9.80 Å². The molecule has 1 aromatic heterocycles. The second-order valence-corrected chi connectivity index (χ2v) is 6.04. The maximum atomic E-state index is 12.5. The van der Waals surface area contributed by atoms with Gasteiger partial charge in [-0.15, -0.1) is 5.10 Å². The molecule has 1 aliphatic heterocycles. The third-order valence-corrected chi connectivity index (χ3v) is 4.17. The molecule has 0 radical (unpaired) electrons. The van der Waals surface area contributed by atoms with Crippen LogP contribution in [0.5, 0.6) is 0 Å². The van der Waals surface area contributed by atoms with E-state index in [1.807, 2.05) is 38.1 Å². The lowest BCUT2D eigenvalue weighted by atomic mass is 10.1. The second kappa shape index (κ2) is 6.77. The summed E-state index contributed by atoms with van der Waals surface area (Å²) in [6, 6.07) is 7.80. The summed E-state index contributed by atoms with van der Waals surface area (Å²) in [6.07, 6.45) is 1.74. The van der Waals surface area contributed by atoms with Gasteiger partial charge in [0.05, 0.1) is 6.54 Å². The highest BCUT2D eigenvalue weighted by Gasteiger charge is 2.32. The number of aryl methyl sites for hydroxylation is 2. The van der Waals surface area contributed by atoms with E-state index in [0.717, 1.165) is 11.3 Å². The van der Waals surface area contributed by atoms with Crippen molar-refractivity contribution < 1.29 is 9.59 Å². The Bertz CT molecular complexity index is 730. The van der Waals surface area contributed by atoms with Crippen LogP contribution in [-0.2, 0) is 16.1 Å². The largest absolute Gasteiger partial charge is 0.329 e. The molecule has 0 N–H and O–H groups in total. The number of hydrogen-bond donors (Lipinski definition) is 0. The molecular formula is C16H20N6O2. The summed E-state index contributed by atoms with van der Waals surface area (Å²) in [6.45, 7) is 4.97. The zero-order valence-corrected chi connectivity index (χ0v) is 13.8. The molecule has 8 heteroatoms. The van der Waals surface area contributed by atoms with E-state index in [2.05, 4.69) is 15.5 Å². The standard InChI is InChI=1S/C16H20N6O2/c1-12-4-3-5-14(8-12)22-9-13(2)21(10-16(22)24)15(23)6-7-20-11-17-18-19-20/h3-5,8,11,13H,6-7,9-10H2,1-2H3/t13-/m1/s1. The Kier molecular flexibility index (Phi) is 4.54. The predicted octanol–water partition coefficient (Wildman–Crippen LogP) is 0.636. The SMILES string of the molecule is Cc1cccc(N2C[C@@H](C)N(C(=O)CCn3cnnn3)CC2=O)c1. The van der Waals surface area contributed by atoms with Crippen molar-refractivity contribution in [3.63, 3.8) is 0 Å². The molecule has 1 aliphatic rings. The Morgan fingerprint density at radius 1 is 1.38 bits per heavy atom. The summed E-state index contributed by atoms with van der Waals surface area (Å²) in [4.78, 5) is 28.3. The first-order valence-corrected chi connectivity index (χ1v) is 7.92. The third kappa shape index (κ3) is 3.42. The van der Waals surface area contributed by atoms with Crippen molar-refractivity contribution in [2.24, 2.45) is 0 Å². The van der Waals surface area contributed by atoms with Crippen LogP contribution in [0.1, 0.15) is 18.9 Å². The lowest BCUT2D eigenvalue weighted by Crippen LogP contribution is -2.57. The molecule has 0 saturated carbocycles. The molecular weight excluding hydrogens is 308 g/mol. The second-order valence-electron chi connectivity index (χ2n) is 6.04. The van der Waals surface area contributed by atoms with Gasteiger partial charge in [0.25, 0.3) is 0 Å². The van der Waals surface area contributed by atoms with Gasteiger partial charge in [-0.25, -0.2) is 4.68 Å². The van der Waals surface area contributed by atoms with E-state index < -0.39 is 0 Å². The predicted molar refractivity (Wildman–Crippen MR) is 87.1 cm³/mol. The van der Waals surface area contributed by atoms with Gasteiger partial charge in [-0.3, -0.25) is 9.59 Å². The van der Waals surface area contributed by atoms with Crippen LogP contribution in [0, 0.1) is 6.92 Å². The minimum Gasteiger partial charge on any atom is -0.329 e. The zero-order valence-electron chi connectivity index (χ0n) is 13.8. The minimum atomic E-state index is -0.0607. The molecule has 2 heterocycles. The zero-order chi connectivity index (χ0) is 17.1. The van der Waals surface area contributed by atoms with Crippen LogP contribution in [-0.4, -0.2) is 56.1 Å². The van der Waals surface area contributed by atoms with E-state index in [1.54, 1.807) is 9.80 Å². The lowest BCUT2D eigenvalue weighted by molar-refractivity contribution is -0.139. The quantitative estimate of drug-likeness (QED) is 0.822. The highest BCUT2D eigenvalue weighted by molar-refractivity contribution is 5.98. The number of carbonyl (C=O) groups excluding carboxylic acids is 2. The Hall–Kier alpha value is -2.77. The first-order valence-electron chi connectivity index (χ1n) is 7.92. The van der Waals surface area contributed by atoms with Gasteiger partial charge in [-0.1, -0.05) is 12.1 Å². The van der Waals surface area contributed by atoms with E-state index in [9.17, 15) is 9.59 Å². The van der Waals surface area contributed by atoms with Crippen LogP contribution in [0.2, 0.25) is 0 Å². The van der Waals surface area contributed by atoms with Crippen molar-refractivity contribution >= 4 is 17.5 Å². The highest BCUT2D eigenvalue weighted by atomic mass is 16.2. The molecule has 1 aromatic carbocycles. The molecule has 0 aliphatic carbocycles. The summed E-state index contributed by atoms with van der Waals surface area (Å²) >= 11 is 0. The van der Waals surface area contributed by atoms with Crippen molar-refractivity contribution in [3.05, 3.63) is 36.2 Å². The fraction of sp³-hybridized carbons (Fsp3) is 0.438. The Morgan fingerprint density at radius 3 is 2.92 bits per heavy atom. The van der Waals surface area contributed by atoms with Crippen LogP contribution in [0.25, 0.3) is 0 Å². The van der Waals surface area contributed by atoms with Crippen molar-refractivity contribution in [3.8, 4) is 0 Å². The lowest BCUT2D eigenvalue weighted by Gasteiger charge is -2.39. The monoisotopic (exact) mass is 328 g/mol. The number of benzene rings is 1. The molecule has 0 unspecified atom stereocenters. The highest BCUT2D eigenvalue weighted by Crippen LogP contribution is 2.21. The molecule has 0 bridgehead atoms. The molecule has 2 aromatic rings. The fourth-order valence-corrected chi connectivity index (χ4v) is 2.87. The van der Waals surface area contributed by atoms with Crippen molar-refractivity contribution in [1.82, 2.24) is 25.1 Å². The maximum Gasteiger partial charge on any atom is 0.246 e. The molecule has 24 heavy (non-hydrogen) atoms. The van der Waals surface area contributed by atoms with Crippen LogP contribution in [0.15, 0.2) is 30.6 Å². The summed E-state index contributed by atoms with van der Waals surface area (Å²) in [5.74, 6) is -0.121. The van der Waals surface area contributed by atoms with Crippen molar-refractivity contribution in [2.45, 2.75) is 32.9 Å². The average molecular weight is 328 g/mol. The van der Waals surface area contributed by atoms with E-state index in [-0.39, 0.29) is 30.8 Å². The van der Waals surface area contributed by atoms with E-state index in [4.69, 9.17) is 0 Å². The minimum absolute atomic E-state index is 0.0374. The van der Waals surface area contributed by atoms with Crippen LogP contribution < -0.4 is 4.90 Å². The van der Waals surface area contributed by atoms with E-state index in [0.29, 0.717) is 13.1 Å². The molecule has 1 atom stereocenters. The molecule has 126 valence electrons. The molecule has 1 fully saturated rings. The number of hydrogen-bond acceptors (Lipinski definition) is 5. The Balaban J connectivity index is 1.64. The molecule has 0 spiro atoms. The number of amides is 2. The number of nitrogens with zero attached hydrogens (tertiary/aromatic N) is 6. The maximum absolute atomic E-state index is 12.5. The summed E-state index contributed by atoms with van der Waals surface area (Å²) in [5, 5.41) is 10.8. The van der Waals surface area contributed by atoms with Gasteiger partial charge in [0.1, 0.15) is 12.9 Å². The third-order valence-electron chi connectivity index (χ3n) is 4.17. The molecule has 1 saturated heterocycles. The molecule has 3 rings (SSSR count). The average Bonchev–Trinajstić information content (AvgIpc) is 3.08. The normalized spacial score (nSPS) is 18.1. The number of anilines is 1. The Labute approximate surface area is 140 Å². The van der Waals surface area contributed by atoms with Crippen LogP contribution >= 0.6 is 0 Å². The van der Waals surface area contributed by atoms with Gasteiger partial charge in [-0.2, -0.15) is 0 Å². The van der Waals surface area contributed by atoms with Gasteiger partial charge in [0, 0.05) is 24.7 Å². The molecule has 2 amide bonds. The Morgan fingerprint density at radius 2 is 2.21 bits per heavy atom. The number of aromatic nitrogens is 4. The fourth-order valence-electron chi connectivity index (χ4n) is 2.87. The van der Waals surface area contributed by atoms with Crippen molar-refractivity contribution in [2.75, 3.05) is 18.0 Å². The number of tetrazole rings is 1. The topological polar surface area (TPSA) is 84.2 Å². The number of rotatable bonds is 4.